The average Bonchev–Trinajstić information content (AvgIpc) is 2.82. The lowest BCUT2D eigenvalue weighted by Crippen LogP contribution is -2.29. The number of hydrogen-bond acceptors (Lipinski definition) is 3. The van der Waals surface area contributed by atoms with Crippen molar-refractivity contribution in [3.8, 4) is 0 Å². The standard InChI is InChI=1S/C16H10BrNO2S/c1-21-15-12-4-2-3-11(13(12)18-16(15)20)14(19)9-5-7-10(17)8-6-9/h2-8H,1H3. The van der Waals surface area contributed by atoms with Crippen LogP contribution in [0.25, 0.3) is 4.91 Å². The molecule has 1 aliphatic rings. The molecule has 0 N–H and O–H groups in total. The molecule has 2 aromatic carbocycles. The summed E-state index contributed by atoms with van der Waals surface area (Å²) in [6.07, 6.45) is 1.83. The highest BCUT2D eigenvalue weighted by molar-refractivity contribution is 9.10. The van der Waals surface area contributed by atoms with Crippen LogP contribution in [0.5, 0.6) is 0 Å². The number of benzene rings is 2. The molecule has 5 heteroatoms. The van der Waals surface area contributed by atoms with Gasteiger partial charge in [0.25, 0.3) is 5.91 Å². The van der Waals surface area contributed by atoms with Crippen LogP contribution in [0.3, 0.4) is 0 Å². The molecular weight excluding hydrogens is 350 g/mol. The first-order valence-corrected chi connectivity index (χ1v) is 8.24. The van der Waals surface area contributed by atoms with E-state index in [4.69, 9.17) is 0 Å². The zero-order valence-corrected chi connectivity index (χ0v) is 13.5. The lowest BCUT2D eigenvalue weighted by atomic mass is 10.0. The van der Waals surface area contributed by atoms with Crippen LogP contribution in [0.2, 0.25) is 0 Å². The fourth-order valence-electron chi connectivity index (χ4n) is 2.25. The molecule has 0 bridgehead atoms. The van der Waals surface area contributed by atoms with Gasteiger partial charge in [0.1, 0.15) is 0 Å². The largest absolute Gasteiger partial charge is 0.289 e. The molecule has 0 atom stereocenters. The highest BCUT2D eigenvalue weighted by Gasteiger charge is 2.20. The Morgan fingerprint density at radius 2 is 1.86 bits per heavy atom. The van der Waals surface area contributed by atoms with Crippen molar-refractivity contribution < 1.29 is 9.59 Å². The fourth-order valence-corrected chi connectivity index (χ4v) is 3.12. The molecule has 1 heterocycles. The molecule has 3 rings (SSSR count). The Morgan fingerprint density at radius 1 is 1.14 bits per heavy atom. The number of ketones is 1. The van der Waals surface area contributed by atoms with E-state index in [0.29, 0.717) is 21.4 Å². The van der Waals surface area contributed by atoms with Crippen molar-refractivity contribution in [1.82, 2.24) is 0 Å². The van der Waals surface area contributed by atoms with Gasteiger partial charge in [0.15, 0.2) is 5.78 Å². The van der Waals surface area contributed by atoms with E-state index in [0.717, 1.165) is 9.69 Å². The van der Waals surface area contributed by atoms with Gasteiger partial charge in [0, 0.05) is 20.8 Å². The van der Waals surface area contributed by atoms with E-state index in [-0.39, 0.29) is 11.7 Å². The van der Waals surface area contributed by atoms with E-state index in [2.05, 4.69) is 20.9 Å². The predicted molar refractivity (Wildman–Crippen MR) is 86.7 cm³/mol. The van der Waals surface area contributed by atoms with E-state index < -0.39 is 0 Å². The molecule has 1 amide bonds. The second-order valence-corrected chi connectivity index (χ2v) is 6.22. The lowest BCUT2D eigenvalue weighted by molar-refractivity contribution is -0.112. The van der Waals surface area contributed by atoms with Crippen molar-refractivity contribution in [2.24, 2.45) is 4.99 Å². The summed E-state index contributed by atoms with van der Waals surface area (Å²) in [5.74, 6) is -0.396. The van der Waals surface area contributed by atoms with Crippen LogP contribution in [0.15, 0.2) is 51.9 Å². The first-order chi connectivity index (χ1) is 10.1. The lowest BCUT2D eigenvalue weighted by Gasteiger charge is -2.01. The fraction of sp³-hybridized carbons (Fsp3) is 0.0625. The molecule has 104 valence electrons. The number of nitrogens with zero attached hydrogens (tertiary/aromatic N) is 1. The summed E-state index contributed by atoms with van der Waals surface area (Å²) in [4.78, 5) is 29.1. The number of amides is 1. The molecule has 0 unspecified atom stereocenters. The third-order valence-electron chi connectivity index (χ3n) is 3.24. The molecule has 0 saturated heterocycles. The van der Waals surface area contributed by atoms with Crippen LogP contribution in [0.1, 0.15) is 15.9 Å². The van der Waals surface area contributed by atoms with Gasteiger partial charge in [0.05, 0.1) is 10.3 Å². The summed E-state index contributed by atoms with van der Waals surface area (Å²) in [5, 5.41) is 1.23. The quantitative estimate of drug-likeness (QED) is 0.790. The van der Waals surface area contributed by atoms with Crippen molar-refractivity contribution in [3.05, 3.63) is 68.6 Å². The Balaban J connectivity index is 2.19. The van der Waals surface area contributed by atoms with Crippen molar-refractivity contribution >= 4 is 44.3 Å². The van der Waals surface area contributed by atoms with Crippen LogP contribution in [-0.2, 0) is 4.79 Å². The van der Waals surface area contributed by atoms with Gasteiger partial charge in [-0.2, -0.15) is 0 Å². The van der Waals surface area contributed by atoms with Crippen molar-refractivity contribution in [2.45, 2.75) is 0 Å². The number of carbonyl (C=O) groups is 2. The summed E-state index contributed by atoms with van der Waals surface area (Å²) in [5.41, 5.74) is 1.04. The first-order valence-electron chi connectivity index (χ1n) is 6.22. The normalized spacial score (nSPS) is 13.0. The monoisotopic (exact) mass is 359 g/mol. The minimum Gasteiger partial charge on any atom is -0.289 e. The molecule has 2 aromatic rings. The topological polar surface area (TPSA) is 46.5 Å². The molecule has 0 saturated carbocycles. The average molecular weight is 360 g/mol. The molecule has 21 heavy (non-hydrogen) atoms. The third kappa shape index (κ3) is 2.47. The van der Waals surface area contributed by atoms with Gasteiger partial charge >= 0.3 is 0 Å². The molecule has 0 spiro atoms. The number of hydrogen-bond donors (Lipinski definition) is 0. The second-order valence-electron chi connectivity index (χ2n) is 4.49. The van der Waals surface area contributed by atoms with Crippen molar-refractivity contribution in [3.63, 3.8) is 0 Å². The van der Waals surface area contributed by atoms with E-state index >= 15 is 0 Å². The van der Waals surface area contributed by atoms with Gasteiger partial charge in [0.2, 0.25) is 0 Å². The maximum Gasteiger partial charge on any atom is 0.284 e. The number of fused-ring (bicyclic) bond motifs is 1. The van der Waals surface area contributed by atoms with Crippen LogP contribution >= 0.6 is 27.7 Å². The Labute approximate surface area is 133 Å². The predicted octanol–water partition coefficient (Wildman–Crippen LogP) is 2.31. The van der Waals surface area contributed by atoms with Crippen LogP contribution in [0.4, 0.5) is 0 Å². The highest BCUT2D eigenvalue weighted by Crippen LogP contribution is 2.16. The molecular formula is C16H10BrNO2S. The van der Waals surface area contributed by atoms with E-state index in [1.54, 1.807) is 24.3 Å². The zero-order valence-electron chi connectivity index (χ0n) is 11.1. The van der Waals surface area contributed by atoms with Gasteiger partial charge in [-0.1, -0.05) is 28.1 Å². The third-order valence-corrected chi connectivity index (χ3v) is 4.57. The van der Waals surface area contributed by atoms with E-state index in [9.17, 15) is 9.59 Å². The number of halogens is 1. The van der Waals surface area contributed by atoms with Gasteiger partial charge in [-0.05, 0) is 36.6 Å². The number of rotatable bonds is 3. The van der Waals surface area contributed by atoms with Gasteiger partial charge in [-0.15, -0.1) is 11.8 Å². The number of carbonyl (C=O) groups excluding carboxylic acids is 2. The summed E-state index contributed by atoms with van der Waals surface area (Å²) >= 11 is 4.70. The highest BCUT2D eigenvalue weighted by atomic mass is 79.9. The van der Waals surface area contributed by atoms with Crippen LogP contribution < -0.4 is 10.6 Å². The molecule has 0 aliphatic carbocycles. The summed E-state index contributed by atoms with van der Waals surface area (Å²) in [6, 6.07) is 12.5. The first kappa shape index (κ1) is 14.2. The summed E-state index contributed by atoms with van der Waals surface area (Å²) in [6.45, 7) is 0. The molecule has 0 radical (unpaired) electrons. The number of thioether (sulfide) groups is 1. The van der Waals surface area contributed by atoms with Crippen molar-refractivity contribution in [2.75, 3.05) is 6.26 Å². The Bertz CT molecular complexity index is 872. The molecule has 3 nitrogen and oxygen atoms in total. The maximum absolute atomic E-state index is 12.6. The van der Waals surface area contributed by atoms with Gasteiger partial charge in [-0.3, -0.25) is 9.59 Å². The van der Waals surface area contributed by atoms with E-state index in [1.807, 2.05) is 24.5 Å². The Hall–Kier alpha value is -1.72. The van der Waals surface area contributed by atoms with Crippen LogP contribution in [-0.4, -0.2) is 17.9 Å². The molecule has 1 aliphatic heterocycles. The van der Waals surface area contributed by atoms with Crippen molar-refractivity contribution in [1.29, 1.82) is 0 Å². The molecule has 0 fully saturated rings. The summed E-state index contributed by atoms with van der Waals surface area (Å²) < 4.78 is 0.912. The van der Waals surface area contributed by atoms with E-state index in [1.165, 1.54) is 11.8 Å². The minimum atomic E-state index is -0.270. The minimum absolute atomic E-state index is 0.127. The smallest absolute Gasteiger partial charge is 0.284 e. The Morgan fingerprint density at radius 3 is 2.52 bits per heavy atom. The number of para-hydroxylation sites is 1. The van der Waals surface area contributed by atoms with Gasteiger partial charge < -0.3 is 0 Å². The zero-order chi connectivity index (χ0) is 15.0. The Kier molecular flexibility index (Phi) is 3.78. The summed E-state index contributed by atoms with van der Waals surface area (Å²) in [7, 11) is 0. The molecule has 0 aromatic heterocycles. The maximum atomic E-state index is 12.6. The second kappa shape index (κ2) is 5.58. The van der Waals surface area contributed by atoms with Gasteiger partial charge in [-0.25, -0.2) is 4.99 Å². The SMILES string of the molecule is CSC1=c2cccc(C(=O)c3ccc(Br)cc3)c2=NC1=O. The van der Waals surface area contributed by atoms with Crippen LogP contribution in [0, 0.1) is 0 Å².